The van der Waals surface area contributed by atoms with E-state index in [1.165, 1.54) is 0 Å². The second-order valence-corrected chi connectivity index (χ2v) is 4.73. The molecule has 0 saturated heterocycles. The second-order valence-electron chi connectivity index (χ2n) is 2.98. The Morgan fingerprint density at radius 2 is 2.21 bits per heavy atom. The molecule has 2 rings (SSSR count). The molecule has 4 heteroatoms. The first-order valence-electron chi connectivity index (χ1n) is 4.25. The van der Waals surface area contributed by atoms with E-state index in [2.05, 4.69) is 27.6 Å². The maximum atomic E-state index is 13.7. The molecular weight excluding hydrogens is 296 g/mol. The number of hydrogen-bond acceptors (Lipinski definition) is 1. The predicted octanol–water partition coefficient (Wildman–Crippen LogP) is 3.47. The number of hydrogen-bond donors (Lipinski definition) is 1. The summed E-state index contributed by atoms with van der Waals surface area (Å²) in [5.74, 6) is 0.00580. The van der Waals surface area contributed by atoms with Crippen LogP contribution in [-0.2, 0) is 0 Å². The molecule has 1 heterocycles. The molecule has 0 spiro atoms. The molecule has 0 amide bonds. The minimum atomic E-state index is -0.299. The van der Waals surface area contributed by atoms with Crippen molar-refractivity contribution in [2.24, 2.45) is 0 Å². The fourth-order valence-electron chi connectivity index (χ4n) is 1.34. The molecule has 0 saturated carbocycles. The van der Waals surface area contributed by atoms with Crippen molar-refractivity contribution in [3.63, 3.8) is 0 Å². The van der Waals surface area contributed by atoms with Crippen molar-refractivity contribution >= 4 is 33.5 Å². The Hall–Kier alpha value is -0.780. The first-order chi connectivity index (χ1) is 6.68. The standard InChI is InChI=1S/C10H9FINO/c1-6(12)14-9-3-2-8-7(10(9)11)4-5-13-8/h2-6,13H,1H3. The van der Waals surface area contributed by atoms with Crippen LogP contribution in [0.15, 0.2) is 24.4 Å². The molecule has 74 valence electrons. The molecule has 1 N–H and O–H groups in total. The fraction of sp³-hybridized carbons (Fsp3) is 0.200. The molecule has 0 aliphatic rings. The van der Waals surface area contributed by atoms with Crippen LogP contribution in [-0.4, -0.2) is 9.09 Å². The zero-order chi connectivity index (χ0) is 10.1. The summed E-state index contributed by atoms with van der Waals surface area (Å²) in [4.78, 5) is 2.94. The van der Waals surface area contributed by atoms with E-state index < -0.39 is 0 Å². The Bertz CT molecular complexity index is 452. The monoisotopic (exact) mass is 305 g/mol. The van der Waals surface area contributed by atoms with Crippen molar-refractivity contribution < 1.29 is 9.13 Å². The summed E-state index contributed by atoms with van der Waals surface area (Å²) < 4.78 is 19.0. The third-order valence-electron chi connectivity index (χ3n) is 1.92. The van der Waals surface area contributed by atoms with E-state index in [-0.39, 0.29) is 9.93 Å². The minimum absolute atomic E-state index is 0.0431. The molecule has 0 fully saturated rings. The van der Waals surface area contributed by atoms with Crippen LogP contribution in [0.3, 0.4) is 0 Å². The SMILES string of the molecule is CC(I)Oc1ccc2[nH]ccc2c1F. The zero-order valence-electron chi connectivity index (χ0n) is 7.55. The number of ether oxygens (including phenoxy) is 1. The van der Waals surface area contributed by atoms with Gasteiger partial charge >= 0.3 is 0 Å². The average Bonchev–Trinajstić information content (AvgIpc) is 2.57. The summed E-state index contributed by atoms with van der Waals surface area (Å²) in [6.45, 7) is 1.86. The number of H-pyrrole nitrogens is 1. The van der Waals surface area contributed by atoms with Gasteiger partial charge in [0.25, 0.3) is 0 Å². The van der Waals surface area contributed by atoms with Crippen LogP contribution in [0.5, 0.6) is 5.75 Å². The Morgan fingerprint density at radius 1 is 1.43 bits per heavy atom. The minimum Gasteiger partial charge on any atom is -0.477 e. The lowest BCUT2D eigenvalue weighted by atomic mass is 10.2. The smallest absolute Gasteiger partial charge is 0.174 e. The highest BCUT2D eigenvalue weighted by Crippen LogP contribution is 2.26. The summed E-state index contributed by atoms with van der Waals surface area (Å²) in [5.41, 5.74) is 0.788. The van der Waals surface area contributed by atoms with Crippen LogP contribution in [0.1, 0.15) is 6.92 Å². The van der Waals surface area contributed by atoms with E-state index in [1.54, 1.807) is 18.3 Å². The topological polar surface area (TPSA) is 25.0 Å². The van der Waals surface area contributed by atoms with E-state index >= 15 is 0 Å². The summed E-state index contributed by atoms with van der Waals surface area (Å²) in [6, 6.07) is 5.16. The number of aromatic nitrogens is 1. The summed E-state index contributed by atoms with van der Waals surface area (Å²) >= 11 is 2.09. The van der Waals surface area contributed by atoms with Crippen LogP contribution < -0.4 is 4.74 Å². The molecule has 0 aliphatic heterocycles. The van der Waals surface area contributed by atoms with Crippen molar-refractivity contribution in [2.75, 3.05) is 0 Å². The third kappa shape index (κ3) is 1.70. The lowest BCUT2D eigenvalue weighted by Crippen LogP contribution is -2.03. The first kappa shape index (κ1) is 9.76. The van der Waals surface area contributed by atoms with Crippen molar-refractivity contribution in [1.29, 1.82) is 0 Å². The average molecular weight is 305 g/mol. The van der Waals surface area contributed by atoms with Crippen molar-refractivity contribution in [3.8, 4) is 5.75 Å². The number of halogens is 2. The molecule has 14 heavy (non-hydrogen) atoms. The lowest BCUT2D eigenvalue weighted by Gasteiger charge is -2.09. The molecule has 1 atom stereocenters. The molecule has 1 aromatic heterocycles. The van der Waals surface area contributed by atoms with Gasteiger partial charge in [-0.1, -0.05) is 0 Å². The molecule has 2 aromatic rings. The highest BCUT2D eigenvalue weighted by Gasteiger charge is 2.10. The van der Waals surface area contributed by atoms with Crippen LogP contribution in [0.4, 0.5) is 4.39 Å². The van der Waals surface area contributed by atoms with Crippen molar-refractivity contribution in [3.05, 3.63) is 30.2 Å². The quantitative estimate of drug-likeness (QED) is 0.667. The summed E-state index contributed by atoms with van der Waals surface area (Å²) in [5, 5.41) is 0.569. The van der Waals surface area contributed by atoms with Crippen LogP contribution in [0.2, 0.25) is 0 Å². The first-order valence-corrected chi connectivity index (χ1v) is 5.49. The lowest BCUT2D eigenvalue weighted by molar-refractivity contribution is 0.307. The number of fused-ring (bicyclic) bond motifs is 1. The third-order valence-corrected chi connectivity index (χ3v) is 2.18. The van der Waals surface area contributed by atoms with Gasteiger partial charge < -0.3 is 9.72 Å². The number of aromatic amines is 1. The number of benzene rings is 1. The molecular formula is C10H9FINO. The Labute approximate surface area is 94.6 Å². The zero-order valence-corrected chi connectivity index (χ0v) is 9.71. The highest BCUT2D eigenvalue weighted by atomic mass is 127. The number of rotatable bonds is 2. The molecule has 0 radical (unpaired) electrons. The van der Waals surface area contributed by atoms with Gasteiger partial charge in [0.2, 0.25) is 0 Å². The normalized spacial score (nSPS) is 13.1. The van der Waals surface area contributed by atoms with Crippen molar-refractivity contribution in [1.82, 2.24) is 4.98 Å². The van der Waals surface area contributed by atoms with Crippen LogP contribution in [0.25, 0.3) is 10.9 Å². The van der Waals surface area contributed by atoms with Gasteiger partial charge in [-0.25, -0.2) is 4.39 Å². The maximum Gasteiger partial charge on any atom is 0.174 e. The van der Waals surface area contributed by atoms with Crippen LogP contribution >= 0.6 is 22.6 Å². The maximum absolute atomic E-state index is 13.7. The Kier molecular flexibility index (Phi) is 2.62. The van der Waals surface area contributed by atoms with Crippen LogP contribution in [0, 0.1) is 5.82 Å². The van der Waals surface area contributed by atoms with Crippen molar-refractivity contribution in [2.45, 2.75) is 11.0 Å². The Balaban J connectivity index is 2.51. The summed E-state index contributed by atoms with van der Waals surface area (Å²) in [6.07, 6.45) is 1.71. The molecule has 1 unspecified atom stereocenters. The van der Waals surface area contributed by atoms with Gasteiger partial charge in [0.05, 0.1) is 0 Å². The number of nitrogens with one attached hydrogen (secondary N) is 1. The van der Waals surface area contributed by atoms with E-state index in [4.69, 9.17) is 4.74 Å². The van der Waals surface area contributed by atoms with Gasteiger partial charge in [0.15, 0.2) is 11.6 Å². The van der Waals surface area contributed by atoms with Gasteiger partial charge in [-0.3, -0.25) is 0 Å². The van der Waals surface area contributed by atoms with Gasteiger partial charge in [0.1, 0.15) is 4.11 Å². The van der Waals surface area contributed by atoms with E-state index in [0.717, 1.165) is 5.52 Å². The van der Waals surface area contributed by atoms with E-state index in [9.17, 15) is 4.39 Å². The van der Waals surface area contributed by atoms with E-state index in [1.807, 2.05) is 13.0 Å². The number of alkyl halides is 1. The molecule has 2 nitrogen and oxygen atoms in total. The molecule has 1 aromatic carbocycles. The van der Waals surface area contributed by atoms with Gasteiger partial charge in [-0.15, -0.1) is 0 Å². The summed E-state index contributed by atoms with van der Waals surface area (Å²) in [7, 11) is 0. The molecule has 0 aliphatic carbocycles. The second kappa shape index (κ2) is 3.76. The van der Waals surface area contributed by atoms with Gasteiger partial charge in [-0.05, 0) is 47.7 Å². The predicted molar refractivity (Wildman–Crippen MR) is 62.4 cm³/mol. The largest absolute Gasteiger partial charge is 0.477 e. The van der Waals surface area contributed by atoms with Gasteiger partial charge in [-0.2, -0.15) is 0 Å². The van der Waals surface area contributed by atoms with Gasteiger partial charge in [0, 0.05) is 17.1 Å². The highest BCUT2D eigenvalue weighted by molar-refractivity contribution is 14.1. The van der Waals surface area contributed by atoms with E-state index in [0.29, 0.717) is 11.1 Å². The Morgan fingerprint density at radius 3 is 2.93 bits per heavy atom. The molecule has 0 bridgehead atoms. The fourth-order valence-corrected chi connectivity index (χ4v) is 1.62.